The molecule has 110 valence electrons. The topological polar surface area (TPSA) is 69.6 Å². The van der Waals surface area contributed by atoms with Crippen molar-refractivity contribution in [3.63, 3.8) is 0 Å². The number of carbonyl (C=O) groups is 2. The van der Waals surface area contributed by atoms with Crippen molar-refractivity contribution in [3.8, 4) is 0 Å². The average Bonchev–Trinajstić information content (AvgIpc) is 2.39. The SMILES string of the molecule is CCC[C@H](NC(=O)N(CC)c1cccc(C)c1)C(=O)O. The molecule has 5 heteroatoms. The van der Waals surface area contributed by atoms with Crippen molar-refractivity contribution in [1.29, 1.82) is 0 Å². The molecule has 0 saturated carbocycles. The first kappa shape index (κ1) is 16.0. The van der Waals surface area contributed by atoms with Gasteiger partial charge in [0.1, 0.15) is 6.04 Å². The molecular formula is C15H22N2O3. The number of hydrogen-bond acceptors (Lipinski definition) is 2. The van der Waals surface area contributed by atoms with Crippen molar-refractivity contribution in [2.24, 2.45) is 0 Å². The number of aryl methyl sites for hydroxylation is 1. The zero-order valence-corrected chi connectivity index (χ0v) is 12.2. The van der Waals surface area contributed by atoms with Crippen LogP contribution >= 0.6 is 0 Å². The van der Waals surface area contributed by atoms with E-state index < -0.39 is 12.0 Å². The molecule has 2 N–H and O–H groups in total. The van der Waals surface area contributed by atoms with Crippen molar-refractivity contribution >= 4 is 17.7 Å². The fraction of sp³-hybridized carbons (Fsp3) is 0.467. The maximum atomic E-state index is 12.2. The lowest BCUT2D eigenvalue weighted by Gasteiger charge is -2.24. The summed E-state index contributed by atoms with van der Waals surface area (Å²) in [5.74, 6) is -1.000. The van der Waals surface area contributed by atoms with Crippen molar-refractivity contribution in [2.45, 2.75) is 39.7 Å². The molecule has 2 amide bonds. The standard InChI is InChI=1S/C15H22N2O3/c1-4-7-13(14(18)19)16-15(20)17(5-2)12-9-6-8-11(3)10-12/h6,8-10,13H,4-5,7H2,1-3H3,(H,16,20)(H,18,19)/t13-/m0/s1. The minimum atomic E-state index is -1.000. The summed E-state index contributed by atoms with van der Waals surface area (Å²) in [5, 5.41) is 11.7. The highest BCUT2D eigenvalue weighted by atomic mass is 16.4. The third-order valence-electron chi connectivity index (χ3n) is 3.05. The fourth-order valence-corrected chi connectivity index (χ4v) is 2.01. The number of nitrogens with zero attached hydrogens (tertiary/aromatic N) is 1. The van der Waals surface area contributed by atoms with Crippen molar-refractivity contribution in [2.75, 3.05) is 11.4 Å². The first-order valence-corrected chi connectivity index (χ1v) is 6.87. The van der Waals surface area contributed by atoms with Gasteiger partial charge in [0, 0.05) is 12.2 Å². The Morgan fingerprint density at radius 2 is 2.05 bits per heavy atom. The van der Waals surface area contributed by atoms with Crippen molar-refractivity contribution < 1.29 is 14.7 Å². The third-order valence-corrected chi connectivity index (χ3v) is 3.05. The zero-order valence-electron chi connectivity index (χ0n) is 12.2. The van der Waals surface area contributed by atoms with Gasteiger partial charge in [0.2, 0.25) is 0 Å². The highest BCUT2D eigenvalue weighted by molar-refractivity contribution is 5.94. The molecule has 0 spiro atoms. The molecule has 1 aromatic rings. The Kier molecular flexibility index (Phi) is 6.03. The van der Waals surface area contributed by atoms with E-state index in [4.69, 9.17) is 5.11 Å². The van der Waals surface area contributed by atoms with Crippen molar-refractivity contribution in [3.05, 3.63) is 29.8 Å². The van der Waals surface area contributed by atoms with E-state index in [0.717, 1.165) is 11.3 Å². The van der Waals surface area contributed by atoms with E-state index in [9.17, 15) is 9.59 Å². The van der Waals surface area contributed by atoms with Gasteiger partial charge >= 0.3 is 12.0 Å². The van der Waals surface area contributed by atoms with E-state index in [1.807, 2.05) is 45.0 Å². The molecule has 1 atom stereocenters. The summed E-state index contributed by atoms with van der Waals surface area (Å²) in [6, 6.07) is 6.35. The maximum Gasteiger partial charge on any atom is 0.326 e. The molecule has 0 radical (unpaired) electrons. The van der Waals surface area contributed by atoms with Crippen LogP contribution in [0.25, 0.3) is 0 Å². The third kappa shape index (κ3) is 4.26. The van der Waals surface area contributed by atoms with Crippen LogP contribution in [0.3, 0.4) is 0 Å². The molecule has 5 nitrogen and oxygen atoms in total. The van der Waals surface area contributed by atoms with Gasteiger partial charge in [-0.3, -0.25) is 4.90 Å². The number of carboxylic acids is 1. The van der Waals surface area contributed by atoms with Crippen LogP contribution in [0, 0.1) is 6.92 Å². The number of benzene rings is 1. The summed E-state index contributed by atoms with van der Waals surface area (Å²) in [6.07, 6.45) is 1.13. The molecular weight excluding hydrogens is 256 g/mol. The summed E-state index contributed by atoms with van der Waals surface area (Å²) in [6.45, 7) is 6.18. The average molecular weight is 278 g/mol. The summed E-state index contributed by atoms with van der Waals surface area (Å²) < 4.78 is 0. The highest BCUT2D eigenvalue weighted by Crippen LogP contribution is 2.16. The van der Waals surface area contributed by atoms with Crippen LogP contribution in [0.15, 0.2) is 24.3 Å². The maximum absolute atomic E-state index is 12.2. The quantitative estimate of drug-likeness (QED) is 0.840. The number of hydrogen-bond donors (Lipinski definition) is 2. The molecule has 1 aromatic carbocycles. The number of nitrogens with one attached hydrogen (secondary N) is 1. The highest BCUT2D eigenvalue weighted by Gasteiger charge is 2.22. The van der Waals surface area contributed by atoms with Crippen molar-refractivity contribution in [1.82, 2.24) is 5.32 Å². The Morgan fingerprint density at radius 3 is 2.55 bits per heavy atom. The molecule has 1 rings (SSSR count). The summed E-state index contributed by atoms with van der Waals surface area (Å²) in [7, 11) is 0. The Morgan fingerprint density at radius 1 is 1.35 bits per heavy atom. The Hall–Kier alpha value is -2.04. The smallest absolute Gasteiger partial charge is 0.326 e. The largest absolute Gasteiger partial charge is 0.480 e. The zero-order chi connectivity index (χ0) is 15.1. The number of aliphatic carboxylic acids is 1. The van der Waals surface area contributed by atoms with E-state index in [0.29, 0.717) is 19.4 Å². The normalized spacial score (nSPS) is 11.8. The number of carboxylic acid groups (broad SMARTS) is 1. The van der Waals surface area contributed by atoms with E-state index in [-0.39, 0.29) is 6.03 Å². The second kappa shape index (κ2) is 7.53. The molecule has 0 heterocycles. The van der Waals surface area contributed by atoms with Gasteiger partial charge in [-0.25, -0.2) is 9.59 Å². The first-order chi connectivity index (χ1) is 9.49. The number of urea groups is 1. The lowest BCUT2D eigenvalue weighted by Crippen LogP contribution is -2.48. The van der Waals surface area contributed by atoms with Gasteiger partial charge in [-0.05, 0) is 38.0 Å². The van der Waals surface area contributed by atoms with Crippen LogP contribution in [0.4, 0.5) is 10.5 Å². The van der Waals surface area contributed by atoms with E-state index in [2.05, 4.69) is 5.32 Å². The predicted octanol–water partition coefficient (Wildman–Crippen LogP) is 2.78. The second-order valence-electron chi connectivity index (χ2n) is 4.71. The summed E-state index contributed by atoms with van der Waals surface area (Å²) in [5.41, 5.74) is 1.82. The van der Waals surface area contributed by atoms with Crippen LogP contribution in [0.1, 0.15) is 32.3 Å². The lowest BCUT2D eigenvalue weighted by molar-refractivity contribution is -0.139. The number of anilines is 1. The molecule has 0 aliphatic carbocycles. The molecule has 0 aliphatic rings. The number of carbonyl (C=O) groups excluding carboxylic acids is 1. The molecule has 0 aliphatic heterocycles. The van der Waals surface area contributed by atoms with Gasteiger partial charge in [-0.1, -0.05) is 25.5 Å². The van der Waals surface area contributed by atoms with Crippen LogP contribution in [-0.2, 0) is 4.79 Å². The van der Waals surface area contributed by atoms with Gasteiger partial charge in [0.05, 0.1) is 0 Å². The Balaban J connectivity index is 2.84. The Labute approximate surface area is 119 Å². The van der Waals surface area contributed by atoms with Gasteiger partial charge in [0.25, 0.3) is 0 Å². The van der Waals surface area contributed by atoms with Crippen LogP contribution in [-0.4, -0.2) is 29.7 Å². The monoisotopic (exact) mass is 278 g/mol. The van der Waals surface area contributed by atoms with Crippen LogP contribution in [0.5, 0.6) is 0 Å². The molecule has 0 fully saturated rings. The minimum absolute atomic E-state index is 0.376. The van der Waals surface area contributed by atoms with E-state index >= 15 is 0 Å². The minimum Gasteiger partial charge on any atom is -0.480 e. The molecule has 0 unspecified atom stereocenters. The molecule has 0 aromatic heterocycles. The number of amides is 2. The second-order valence-corrected chi connectivity index (χ2v) is 4.71. The first-order valence-electron chi connectivity index (χ1n) is 6.87. The Bertz CT molecular complexity index is 474. The van der Waals surface area contributed by atoms with Crippen LogP contribution < -0.4 is 10.2 Å². The summed E-state index contributed by atoms with van der Waals surface area (Å²) >= 11 is 0. The fourth-order valence-electron chi connectivity index (χ4n) is 2.01. The number of rotatable bonds is 6. The molecule has 0 saturated heterocycles. The van der Waals surface area contributed by atoms with Gasteiger partial charge < -0.3 is 10.4 Å². The van der Waals surface area contributed by atoms with Gasteiger partial charge in [-0.15, -0.1) is 0 Å². The van der Waals surface area contributed by atoms with Crippen LogP contribution in [0.2, 0.25) is 0 Å². The molecule has 0 bridgehead atoms. The lowest BCUT2D eigenvalue weighted by atomic mass is 10.1. The van der Waals surface area contributed by atoms with Gasteiger partial charge in [-0.2, -0.15) is 0 Å². The summed E-state index contributed by atoms with van der Waals surface area (Å²) in [4.78, 5) is 24.9. The molecule has 20 heavy (non-hydrogen) atoms. The van der Waals surface area contributed by atoms with E-state index in [1.54, 1.807) is 4.90 Å². The van der Waals surface area contributed by atoms with E-state index in [1.165, 1.54) is 0 Å². The van der Waals surface area contributed by atoms with Gasteiger partial charge in [0.15, 0.2) is 0 Å². The predicted molar refractivity (Wildman–Crippen MR) is 79.1 cm³/mol.